The Kier molecular flexibility index (Phi) is 4.49. The van der Waals surface area contributed by atoms with Gasteiger partial charge in [0.2, 0.25) is 17.8 Å². The molecule has 1 N–H and O–H groups in total. The first-order valence-electron chi connectivity index (χ1n) is 7.39. The molecule has 1 aliphatic heterocycles. The number of amides is 2. The van der Waals surface area contributed by atoms with Gasteiger partial charge in [-0.2, -0.15) is 4.39 Å². The van der Waals surface area contributed by atoms with E-state index in [2.05, 4.69) is 10.3 Å². The third-order valence-corrected chi connectivity index (χ3v) is 4.31. The third kappa shape index (κ3) is 3.23. The summed E-state index contributed by atoms with van der Waals surface area (Å²) < 4.78 is 13.2. The molecule has 0 saturated carbocycles. The number of carbonyl (C=O) groups is 2. The van der Waals surface area contributed by atoms with Crippen LogP contribution in [0.25, 0.3) is 0 Å². The molecule has 2 aromatic rings. The van der Waals surface area contributed by atoms with Gasteiger partial charge in [0.1, 0.15) is 11.7 Å². The number of rotatable bonds is 3. The third-order valence-electron chi connectivity index (χ3n) is 4.06. The molecule has 2 heterocycles. The summed E-state index contributed by atoms with van der Waals surface area (Å²) in [6, 6.07) is 11.2. The summed E-state index contributed by atoms with van der Waals surface area (Å²) in [7, 11) is 1.65. The molecule has 24 heavy (non-hydrogen) atoms. The largest absolute Gasteiger partial charge is 0.344 e. The number of likely N-dealkylation sites (N-methyl/N-ethyl adjacent to an activating group) is 1. The van der Waals surface area contributed by atoms with E-state index in [1.165, 1.54) is 23.1 Å². The normalized spacial score (nSPS) is 20.3. The summed E-state index contributed by atoms with van der Waals surface area (Å²) >= 11 is 5.90. The summed E-state index contributed by atoms with van der Waals surface area (Å²) in [6.45, 7) is 0.426. The van der Waals surface area contributed by atoms with E-state index >= 15 is 0 Å². The second-order valence-corrected chi connectivity index (χ2v) is 6.13. The van der Waals surface area contributed by atoms with Gasteiger partial charge in [-0.15, -0.1) is 0 Å². The lowest BCUT2D eigenvalue weighted by Crippen LogP contribution is -2.33. The van der Waals surface area contributed by atoms with Crippen molar-refractivity contribution in [3.63, 3.8) is 0 Å². The standard InChI is InChI=1S/C17H15ClFN3O2/c1-22-9-12(10-5-7-11(18)8-6-10)15(17(22)24)16(23)21-14-4-2-3-13(19)20-14/h2-8,12,15H,9H2,1H3,(H,20,21,23)/t12-,15+/m1/s1. The fourth-order valence-corrected chi connectivity index (χ4v) is 3.01. The number of nitrogens with one attached hydrogen (secondary N) is 1. The lowest BCUT2D eigenvalue weighted by Gasteiger charge is -2.16. The molecule has 1 aromatic heterocycles. The predicted molar refractivity (Wildman–Crippen MR) is 88.1 cm³/mol. The second-order valence-electron chi connectivity index (χ2n) is 5.69. The van der Waals surface area contributed by atoms with Gasteiger partial charge in [0.05, 0.1) is 0 Å². The Morgan fingerprint density at radius 1 is 1.29 bits per heavy atom. The summed E-state index contributed by atoms with van der Waals surface area (Å²) in [5.74, 6) is -2.57. The van der Waals surface area contributed by atoms with Crippen LogP contribution in [0.2, 0.25) is 5.02 Å². The number of anilines is 1. The van der Waals surface area contributed by atoms with Gasteiger partial charge >= 0.3 is 0 Å². The zero-order valence-electron chi connectivity index (χ0n) is 12.9. The summed E-state index contributed by atoms with van der Waals surface area (Å²) in [6.07, 6.45) is 0. The first-order chi connectivity index (χ1) is 11.5. The minimum Gasteiger partial charge on any atom is -0.344 e. The lowest BCUT2D eigenvalue weighted by atomic mass is 9.88. The highest BCUT2D eigenvalue weighted by Crippen LogP contribution is 2.34. The maximum Gasteiger partial charge on any atom is 0.238 e. The molecule has 124 valence electrons. The second kappa shape index (κ2) is 6.57. The van der Waals surface area contributed by atoms with E-state index in [4.69, 9.17) is 11.6 Å². The van der Waals surface area contributed by atoms with Gasteiger partial charge in [0.25, 0.3) is 0 Å². The first kappa shape index (κ1) is 16.4. The molecule has 0 aliphatic carbocycles. The van der Waals surface area contributed by atoms with Crippen LogP contribution in [0.4, 0.5) is 10.2 Å². The number of carbonyl (C=O) groups excluding carboxylic acids is 2. The van der Waals surface area contributed by atoms with Crippen LogP contribution < -0.4 is 5.32 Å². The molecule has 2 atom stereocenters. The van der Waals surface area contributed by atoms with Gasteiger partial charge in [-0.3, -0.25) is 9.59 Å². The Morgan fingerprint density at radius 2 is 2.00 bits per heavy atom. The summed E-state index contributed by atoms with van der Waals surface area (Å²) in [5, 5.41) is 3.11. The molecular formula is C17H15ClFN3O2. The molecule has 0 bridgehead atoms. The molecule has 1 aliphatic rings. The summed E-state index contributed by atoms with van der Waals surface area (Å²) in [4.78, 5) is 30.1. The lowest BCUT2D eigenvalue weighted by molar-refractivity contribution is -0.135. The molecular weight excluding hydrogens is 333 g/mol. The molecule has 3 rings (SSSR count). The Labute approximate surface area is 143 Å². The minimum absolute atomic E-state index is 0.0807. The molecule has 0 unspecified atom stereocenters. The molecule has 2 amide bonds. The Morgan fingerprint density at radius 3 is 2.67 bits per heavy atom. The van der Waals surface area contributed by atoms with Crippen molar-refractivity contribution < 1.29 is 14.0 Å². The van der Waals surface area contributed by atoms with E-state index in [1.807, 2.05) is 0 Å². The van der Waals surface area contributed by atoms with Crippen LogP contribution in [0.1, 0.15) is 11.5 Å². The van der Waals surface area contributed by atoms with E-state index in [-0.39, 0.29) is 17.6 Å². The van der Waals surface area contributed by atoms with Gasteiger partial charge in [-0.1, -0.05) is 29.8 Å². The SMILES string of the molecule is CN1C[C@H](c2ccc(Cl)cc2)[C@@H](C(=O)Nc2cccc(F)n2)C1=O. The molecule has 7 heteroatoms. The molecule has 1 aromatic carbocycles. The number of nitrogens with zero attached hydrogens (tertiary/aromatic N) is 2. The molecule has 1 fully saturated rings. The van der Waals surface area contributed by atoms with Crippen molar-refractivity contribution in [2.75, 3.05) is 18.9 Å². The topological polar surface area (TPSA) is 62.3 Å². The molecule has 1 saturated heterocycles. The fourth-order valence-electron chi connectivity index (χ4n) is 2.88. The molecule has 0 spiro atoms. The number of pyridine rings is 1. The number of hydrogen-bond acceptors (Lipinski definition) is 3. The van der Waals surface area contributed by atoms with E-state index in [0.717, 1.165) is 5.56 Å². The first-order valence-corrected chi connectivity index (χ1v) is 7.77. The van der Waals surface area contributed by atoms with Crippen LogP contribution in [0, 0.1) is 11.9 Å². The highest BCUT2D eigenvalue weighted by Gasteiger charge is 2.44. The van der Waals surface area contributed by atoms with Crippen molar-refractivity contribution in [1.29, 1.82) is 0 Å². The zero-order valence-corrected chi connectivity index (χ0v) is 13.6. The average Bonchev–Trinajstić information content (AvgIpc) is 2.83. The predicted octanol–water partition coefficient (Wildman–Crippen LogP) is 2.68. The van der Waals surface area contributed by atoms with E-state index < -0.39 is 17.8 Å². The van der Waals surface area contributed by atoms with Crippen molar-refractivity contribution in [3.8, 4) is 0 Å². The molecule has 0 radical (unpaired) electrons. The van der Waals surface area contributed by atoms with Gasteiger partial charge in [0.15, 0.2) is 0 Å². The van der Waals surface area contributed by atoms with Gasteiger partial charge in [-0.25, -0.2) is 4.98 Å². The fraction of sp³-hybridized carbons (Fsp3) is 0.235. The van der Waals surface area contributed by atoms with Crippen molar-refractivity contribution in [1.82, 2.24) is 9.88 Å². The highest BCUT2D eigenvalue weighted by molar-refractivity contribution is 6.30. The minimum atomic E-state index is -0.888. The van der Waals surface area contributed by atoms with Crippen LogP contribution >= 0.6 is 11.6 Å². The Balaban J connectivity index is 1.86. The maximum absolute atomic E-state index is 13.2. The van der Waals surface area contributed by atoms with Crippen LogP contribution in [-0.4, -0.2) is 35.3 Å². The maximum atomic E-state index is 13.2. The van der Waals surface area contributed by atoms with Crippen molar-refractivity contribution in [2.24, 2.45) is 5.92 Å². The van der Waals surface area contributed by atoms with E-state index in [9.17, 15) is 14.0 Å². The van der Waals surface area contributed by atoms with Gasteiger partial charge in [0, 0.05) is 24.5 Å². The Hall–Kier alpha value is -2.47. The number of halogens is 2. The number of benzene rings is 1. The van der Waals surface area contributed by atoms with Crippen LogP contribution in [0.3, 0.4) is 0 Å². The quantitative estimate of drug-likeness (QED) is 0.686. The van der Waals surface area contributed by atoms with Crippen LogP contribution in [0.15, 0.2) is 42.5 Å². The van der Waals surface area contributed by atoms with Crippen LogP contribution in [-0.2, 0) is 9.59 Å². The number of likely N-dealkylation sites (tertiary alicyclic amines) is 1. The number of hydrogen-bond donors (Lipinski definition) is 1. The van der Waals surface area contributed by atoms with Crippen molar-refractivity contribution in [3.05, 3.63) is 59.0 Å². The zero-order chi connectivity index (χ0) is 17.3. The Bertz CT molecular complexity index is 782. The highest BCUT2D eigenvalue weighted by atomic mass is 35.5. The average molecular weight is 348 g/mol. The van der Waals surface area contributed by atoms with Crippen molar-refractivity contribution in [2.45, 2.75) is 5.92 Å². The van der Waals surface area contributed by atoms with E-state index in [1.54, 1.807) is 31.3 Å². The monoisotopic (exact) mass is 347 g/mol. The van der Waals surface area contributed by atoms with Crippen molar-refractivity contribution >= 4 is 29.2 Å². The molecule has 5 nitrogen and oxygen atoms in total. The summed E-state index contributed by atoms with van der Waals surface area (Å²) in [5.41, 5.74) is 0.851. The van der Waals surface area contributed by atoms with Gasteiger partial charge < -0.3 is 10.2 Å². The van der Waals surface area contributed by atoms with Gasteiger partial charge in [-0.05, 0) is 29.8 Å². The smallest absolute Gasteiger partial charge is 0.238 e. The van der Waals surface area contributed by atoms with Crippen LogP contribution in [0.5, 0.6) is 0 Å². The number of aromatic nitrogens is 1. The van der Waals surface area contributed by atoms with E-state index in [0.29, 0.717) is 11.6 Å².